The number of carboxylic acids is 1. The molecular formula is C17H22O2. The maximum atomic E-state index is 10.00. The number of hydrogen-bond acceptors (Lipinski definition) is 1. The summed E-state index contributed by atoms with van der Waals surface area (Å²) in [6.45, 7) is 4.19. The van der Waals surface area contributed by atoms with Crippen molar-refractivity contribution in [1.29, 1.82) is 0 Å². The summed E-state index contributed by atoms with van der Waals surface area (Å²) in [7, 11) is 0. The minimum Gasteiger partial charge on any atom is -0.478 e. The molecule has 0 radical (unpaired) electrons. The molecule has 2 nitrogen and oxygen atoms in total. The van der Waals surface area contributed by atoms with Gasteiger partial charge in [-0.2, -0.15) is 0 Å². The second kappa shape index (κ2) is 12.4. The van der Waals surface area contributed by atoms with Crippen LogP contribution >= 0.6 is 0 Å². The maximum Gasteiger partial charge on any atom is 0.328 e. The molecule has 1 aromatic rings. The standard InChI is InChI=1S/C10H14O2.C7H8/c1-2-3-4-5-6-7-8-9-10(11)12;1-7-5-3-2-4-6-7/h4-9H,2-3H2,1H3,(H,11,12);2-6H,1H3. The Bertz CT molecular complexity index is 414. The highest BCUT2D eigenvalue weighted by molar-refractivity contribution is 5.80. The Morgan fingerprint density at radius 3 is 2.21 bits per heavy atom. The molecule has 102 valence electrons. The van der Waals surface area contributed by atoms with Gasteiger partial charge in [0.2, 0.25) is 0 Å². The highest BCUT2D eigenvalue weighted by Gasteiger charge is 1.79. The van der Waals surface area contributed by atoms with Crippen molar-refractivity contribution in [2.45, 2.75) is 26.7 Å². The average molecular weight is 258 g/mol. The van der Waals surface area contributed by atoms with Gasteiger partial charge in [0.1, 0.15) is 0 Å². The normalized spacial score (nSPS) is 10.8. The fraction of sp³-hybridized carbons (Fsp3) is 0.235. The van der Waals surface area contributed by atoms with Gasteiger partial charge in [-0.25, -0.2) is 4.79 Å². The second-order valence-corrected chi connectivity index (χ2v) is 3.95. The van der Waals surface area contributed by atoms with Crippen molar-refractivity contribution >= 4 is 5.97 Å². The monoisotopic (exact) mass is 258 g/mol. The Morgan fingerprint density at radius 2 is 1.74 bits per heavy atom. The van der Waals surface area contributed by atoms with Gasteiger partial charge in [0.25, 0.3) is 0 Å². The van der Waals surface area contributed by atoms with E-state index >= 15 is 0 Å². The minimum atomic E-state index is -0.919. The molecule has 1 rings (SSSR count). The quantitative estimate of drug-likeness (QED) is 0.622. The van der Waals surface area contributed by atoms with E-state index in [0.29, 0.717) is 0 Å². The van der Waals surface area contributed by atoms with E-state index < -0.39 is 5.97 Å². The van der Waals surface area contributed by atoms with Gasteiger partial charge in [-0.15, -0.1) is 0 Å². The van der Waals surface area contributed by atoms with E-state index in [1.54, 1.807) is 6.08 Å². The molecule has 0 saturated heterocycles. The topological polar surface area (TPSA) is 37.3 Å². The average Bonchev–Trinajstić information content (AvgIpc) is 2.39. The Hall–Kier alpha value is -2.09. The van der Waals surface area contributed by atoms with Crippen LogP contribution in [0.3, 0.4) is 0 Å². The van der Waals surface area contributed by atoms with Crippen LogP contribution in [-0.4, -0.2) is 11.1 Å². The number of aryl methyl sites for hydroxylation is 1. The zero-order chi connectivity index (χ0) is 14.3. The number of aliphatic carboxylic acids is 1. The second-order valence-electron chi connectivity index (χ2n) is 3.95. The minimum absolute atomic E-state index is 0.919. The van der Waals surface area contributed by atoms with E-state index in [9.17, 15) is 4.79 Å². The van der Waals surface area contributed by atoms with Crippen LogP contribution in [0.4, 0.5) is 0 Å². The third-order valence-corrected chi connectivity index (χ3v) is 2.10. The molecule has 0 unspecified atom stereocenters. The molecule has 0 fully saturated rings. The predicted octanol–water partition coefficient (Wildman–Crippen LogP) is 4.53. The van der Waals surface area contributed by atoms with Crippen LogP contribution in [0.1, 0.15) is 25.3 Å². The molecule has 0 bridgehead atoms. The molecule has 0 atom stereocenters. The van der Waals surface area contributed by atoms with E-state index in [4.69, 9.17) is 5.11 Å². The van der Waals surface area contributed by atoms with Gasteiger partial charge in [0.05, 0.1) is 0 Å². The lowest BCUT2D eigenvalue weighted by Gasteiger charge is -1.82. The molecule has 1 aromatic carbocycles. The Morgan fingerprint density at radius 1 is 1.11 bits per heavy atom. The number of carboxylic acid groups (broad SMARTS) is 1. The largest absolute Gasteiger partial charge is 0.478 e. The first-order valence-electron chi connectivity index (χ1n) is 6.41. The lowest BCUT2D eigenvalue weighted by molar-refractivity contribution is -0.131. The lowest BCUT2D eigenvalue weighted by atomic mass is 10.2. The Kier molecular flexibility index (Phi) is 11.0. The van der Waals surface area contributed by atoms with Crippen molar-refractivity contribution in [3.8, 4) is 0 Å². The van der Waals surface area contributed by atoms with E-state index in [1.165, 1.54) is 11.6 Å². The molecule has 0 saturated carbocycles. The third-order valence-electron chi connectivity index (χ3n) is 2.10. The number of allylic oxidation sites excluding steroid dienone is 5. The van der Waals surface area contributed by atoms with E-state index in [1.807, 2.05) is 36.4 Å². The van der Waals surface area contributed by atoms with Crippen molar-refractivity contribution < 1.29 is 9.90 Å². The molecule has 0 amide bonds. The summed E-state index contributed by atoms with van der Waals surface area (Å²) in [5.74, 6) is -0.919. The summed E-state index contributed by atoms with van der Waals surface area (Å²) < 4.78 is 0. The van der Waals surface area contributed by atoms with E-state index in [2.05, 4.69) is 26.0 Å². The van der Waals surface area contributed by atoms with Gasteiger partial charge in [0, 0.05) is 6.08 Å². The van der Waals surface area contributed by atoms with Crippen LogP contribution in [0.5, 0.6) is 0 Å². The van der Waals surface area contributed by atoms with Crippen molar-refractivity contribution in [2.24, 2.45) is 0 Å². The Labute approximate surface area is 115 Å². The van der Waals surface area contributed by atoms with E-state index in [0.717, 1.165) is 18.9 Å². The molecule has 0 aliphatic heterocycles. The van der Waals surface area contributed by atoms with Crippen LogP contribution in [-0.2, 0) is 4.79 Å². The van der Waals surface area contributed by atoms with Gasteiger partial charge in [0.15, 0.2) is 0 Å². The molecule has 0 heterocycles. The van der Waals surface area contributed by atoms with Gasteiger partial charge in [-0.1, -0.05) is 79.6 Å². The molecule has 2 heteroatoms. The van der Waals surface area contributed by atoms with Crippen molar-refractivity contribution in [3.05, 3.63) is 72.4 Å². The van der Waals surface area contributed by atoms with Crippen LogP contribution in [0, 0.1) is 6.92 Å². The Balaban J connectivity index is 0.000000388. The lowest BCUT2D eigenvalue weighted by Crippen LogP contribution is -1.84. The fourth-order valence-corrected chi connectivity index (χ4v) is 1.14. The number of benzene rings is 1. The summed E-state index contributed by atoms with van der Waals surface area (Å²) >= 11 is 0. The van der Waals surface area contributed by atoms with Crippen molar-refractivity contribution in [3.63, 3.8) is 0 Å². The smallest absolute Gasteiger partial charge is 0.328 e. The number of hydrogen-bond donors (Lipinski definition) is 1. The predicted molar refractivity (Wildman–Crippen MR) is 81.1 cm³/mol. The van der Waals surface area contributed by atoms with Crippen molar-refractivity contribution in [2.75, 3.05) is 0 Å². The van der Waals surface area contributed by atoms with Gasteiger partial charge < -0.3 is 5.11 Å². The van der Waals surface area contributed by atoms with Crippen LogP contribution in [0.2, 0.25) is 0 Å². The first-order valence-corrected chi connectivity index (χ1v) is 6.41. The SMILES string of the molecule is CCCC=CC=CC=CC(=O)O.Cc1ccccc1. The highest BCUT2D eigenvalue weighted by Crippen LogP contribution is 1.92. The number of rotatable bonds is 5. The molecule has 0 spiro atoms. The molecule has 1 N–H and O–H groups in total. The summed E-state index contributed by atoms with van der Waals surface area (Å²) in [5.41, 5.74) is 1.32. The zero-order valence-electron chi connectivity index (χ0n) is 11.6. The molecule has 0 aromatic heterocycles. The maximum absolute atomic E-state index is 10.00. The van der Waals surface area contributed by atoms with Gasteiger partial charge >= 0.3 is 5.97 Å². The molecule has 19 heavy (non-hydrogen) atoms. The molecule has 0 aliphatic carbocycles. The van der Waals surface area contributed by atoms with Crippen LogP contribution in [0.15, 0.2) is 66.8 Å². The number of carbonyl (C=O) groups is 1. The summed E-state index contributed by atoms with van der Waals surface area (Å²) in [6.07, 6.45) is 12.3. The van der Waals surface area contributed by atoms with Gasteiger partial charge in [-0.05, 0) is 13.3 Å². The molecular weight excluding hydrogens is 236 g/mol. The van der Waals surface area contributed by atoms with E-state index in [-0.39, 0.29) is 0 Å². The van der Waals surface area contributed by atoms with Gasteiger partial charge in [-0.3, -0.25) is 0 Å². The van der Waals surface area contributed by atoms with Crippen LogP contribution in [0.25, 0.3) is 0 Å². The third kappa shape index (κ3) is 13.8. The summed E-state index contributed by atoms with van der Waals surface area (Å²) in [6, 6.07) is 10.3. The zero-order valence-corrected chi connectivity index (χ0v) is 11.6. The summed E-state index contributed by atoms with van der Waals surface area (Å²) in [5, 5.41) is 8.22. The summed E-state index contributed by atoms with van der Waals surface area (Å²) in [4.78, 5) is 10.00. The highest BCUT2D eigenvalue weighted by atomic mass is 16.4. The molecule has 0 aliphatic rings. The first-order chi connectivity index (χ1) is 9.16. The van der Waals surface area contributed by atoms with Crippen molar-refractivity contribution in [1.82, 2.24) is 0 Å². The number of unbranched alkanes of at least 4 members (excludes halogenated alkanes) is 1. The fourth-order valence-electron chi connectivity index (χ4n) is 1.14. The first kappa shape index (κ1) is 16.9. The van der Waals surface area contributed by atoms with Crippen LogP contribution < -0.4 is 0 Å².